The van der Waals surface area contributed by atoms with Crippen molar-refractivity contribution in [2.24, 2.45) is 5.73 Å². The fourth-order valence-electron chi connectivity index (χ4n) is 1.08. The molecule has 1 rings (SSSR count). The number of ketones is 1. The van der Waals surface area contributed by atoms with Crippen LogP contribution in [0.15, 0.2) is 24.3 Å². The Kier molecular flexibility index (Phi) is 3.82. The normalized spacial score (nSPS) is 12.1. The molecule has 0 aliphatic carbocycles. The lowest BCUT2D eigenvalue weighted by atomic mass is 10.0. The second-order valence-corrected chi connectivity index (χ2v) is 3.46. The van der Waals surface area contributed by atoms with Gasteiger partial charge in [-0.1, -0.05) is 23.7 Å². The van der Waals surface area contributed by atoms with Gasteiger partial charge in [-0.25, -0.2) is 0 Å². The summed E-state index contributed by atoms with van der Waals surface area (Å²) in [7, 11) is 0. The number of carbonyl (C=O) groups is 2. The van der Waals surface area contributed by atoms with Gasteiger partial charge in [-0.2, -0.15) is 0 Å². The predicted molar refractivity (Wildman–Crippen MR) is 56.0 cm³/mol. The summed E-state index contributed by atoms with van der Waals surface area (Å²) in [6, 6.07) is 5.27. The van der Waals surface area contributed by atoms with Crippen LogP contribution in [0.2, 0.25) is 5.02 Å². The van der Waals surface area contributed by atoms with Gasteiger partial charge < -0.3 is 10.8 Å². The van der Waals surface area contributed by atoms with Gasteiger partial charge in [0, 0.05) is 12.0 Å². The van der Waals surface area contributed by atoms with E-state index in [-0.39, 0.29) is 12.2 Å². The van der Waals surface area contributed by atoms with E-state index in [9.17, 15) is 9.59 Å². The Morgan fingerprint density at radius 3 is 2.53 bits per heavy atom. The lowest BCUT2D eigenvalue weighted by molar-refractivity contribution is -0.138. The molecule has 1 atom stereocenters. The number of nitrogens with two attached hydrogens (primary N) is 1. The second-order valence-electron chi connectivity index (χ2n) is 3.05. The number of Topliss-reactive ketones (excluding diaryl/α,β-unsaturated/α-hetero) is 1. The Balaban J connectivity index is 2.78. The van der Waals surface area contributed by atoms with Gasteiger partial charge in [0.1, 0.15) is 6.04 Å². The van der Waals surface area contributed by atoms with Crippen molar-refractivity contribution in [1.82, 2.24) is 0 Å². The summed E-state index contributed by atoms with van der Waals surface area (Å²) in [4.78, 5) is 22.0. The first-order valence-corrected chi connectivity index (χ1v) is 4.66. The summed E-state index contributed by atoms with van der Waals surface area (Å²) in [6.45, 7) is 0. The number of hydrogen-bond donors (Lipinski definition) is 2. The Labute approximate surface area is 91.7 Å². The summed E-state index contributed by atoms with van der Waals surface area (Å²) in [5, 5.41) is 8.84. The van der Waals surface area contributed by atoms with Gasteiger partial charge in [0.2, 0.25) is 0 Å². The Hall–Kier alpha value is -1.39. The first-order chi connectivity index (χ1) is 7.02. The van der Waals surface area contributed by atoms with Gasteiger partial charge in [0.15, 0.2) is 5.78 Å². The first-order valence-electron chi connectivity index (χ1n) is 4.28. The smallest absolute Gasteiger partial charge is 0.320 e. The van der Waals surface area contributed by atoms with Gasteiger partial charge in [-0.05, 0) is 12.1 Å². The zero-order chi connectivity index (χ0) is 11.4. The number of hydrogen-bond acceptors (Lipinski definition) is 3. The van der Waals surface area contributed by atoms with E-state index in [1.165, 1.54) is 0 Å². The topological polar surface area (TPSA) is 80.4 Å². The van der Waals surface area contributed by atoms with Gasteiger partial charge in [0.25, 0.3) is 0 Å². The van der Waals surface area contributed by atoms with Crippen LogP contribution in [-0.2, 0) is 4.79 Å². The Bertz CT molecular complexity index is 392. The molecule has 3 N–H and O–H groups in total. The number of carbonyl (C=O) groups excluding carboxylic acids is 1. The van der Waals surface area contributed by atoms with E-state index >= 15 is 0 Å². The van der Waals surface area contributed by atoms with Crippen molar-refractivity contribution in [1.29, 1.82) is 0 Å². The van der Waals surface area contributed by atoms with E-state index in [0.717, 1.165) is 0 Å². The molecule has 0 aromatic heterocycles. The molecule has 1 aromatic rings. The summed E-state index contributed by atoms with van der Waals surface area (Å²) >= 11 is 5.77. The maximum Gasteiger partial charge on any atom is 0.320 e. The zero-order valence-electron chi connectivity index (χ0n) is 7.81. The lowest BCUT2D eigenvalue weighted by Crippen LogP contribution is -2.32. The van der Waals surface area contributed by atoms with E-state index in [2.05, 4.69) is 0 Å². The van der Waals surface area contributed by atoms with Crippen LogP contribution in [0.25, 0.3) is 0 Å². The summed E-state index contributed by atoms with van der Waals surface area (Å²) in [6.07, 6.45) is -0.251. The Morgan fingerprint density at radius 2 is 2.00 bits per heavy atom. The number of carboxylic acid groups (broad SMARTS) is 1. The van der Waals surface area contributed by atoms with E-state index in [1.54, 1.807) is 24.3 Å². The molecule has 15 heavy (non-hydrogen) atoms. The van der Waals surface area contributed by atoms with Crippen LogP contribution in [0, 0.1) is 0 Å². The highest BCUT2D eigenvalue weighted by atomic mass is 35.5. The minimum atomic E-state index is -1.20. The molecule has 0 saturated carbocycles. The number of benzene rings is 1. The average molecular weight is 228 g/mol. The minimum absolute atomic E-state index is 0.251. The molecule has 0 unspecified atom stereocenters. The molecule has 0 bridgehead atoms. The third-order valence-corrected chi connectivity index (χ3v) is 2.23. The third kappa shape index (κ3) is 3.04. The van der Waals surface area contributed by atoms with Gasteiger partial charge >= 0.3 is 5.97 Å². The maximum absolute atomic E-state index is 11.6. The molecular weight excluding hydrogens is 218 g/mol. The van der Waals surface area contributed by atoms with Crippen LogP contribution in [0.1, 0.15) is 16.8 Å². The molecule has 4 nitrogen and oxygen atoms in total. The highest BCUT2D eigenvalue weighted by Gasteiger charge is 2.18. The van der Waals surface area contributed by atoms with Crippen LogP contribution in [-0.4, -0.2) is 22.9 Å². The molecule has 0 radical (unpaired) electrons. The molecule has 0 amide bonds. The number of carboxylic acids is 1. The van der Waals surface area contributed by atoms with Crippen LogP contribution in [0.5, 0.6) is 0 Å². The van der Waals surface area contributed by atoms with Crippen LogP contribution in [0.4, 0.5) is 0 Å². The Morgan fingerprint density at radius 1 is 1.40 bits per heavy atom. The fraction of sp³-hybridized carbons (Fsp3) is 0.200. The molecule has 0 aliphatic rings. The van der Waals surface area contributed by atoms with E-state index in [4.69, 9.17) is 22.4 Å². The van der Waals surface area contributed by atoms with Gasteiger partial charge in [-0.3, -0.25) is 9.59 Å². The molecular formula is C10H10ClNO3. The van der Waals surface area contributed by atoms with Gasteiger partial charge in [-0.15, -0.1) is 0 Å². The number of halogens is 1. The zero-order valence-corrected chi connectivity index (χ0v) is 8.57. The van der Waals surface area contributed by atoms with Crippen molar-refractivity contribution in [3.8, 4) is 0 Å². The van der Waals surface area contributed by atoms with E-state index in [1.807, 2.05) is 0 Å². The van der Waals surface area contributed by atoms with Crippen molar-refractivity contribution < 1.29 is 14.7 Å². The minimum Gasteiger partial charge on any atom is -0.480 e. The molecule has 80 valence electrons. The van der Waals surface area contributed by atoms with Crippen molar-refractivity contribution in [3.05, 3.63) is 34.9 Å². The highest BCUT2D eigenvalue weighted by Crippen LogP contribution is 2.17. The third-order valence-electron chi connectivity index (χ3n) is 1.90. The molecule has 0 saturated heterocycles. The number of aliphatic carboxylic acids is 1. The fourth-order valence-corrected chi connectivity index (χ4v) is 1.33. The van der Waals surface area contributed by atoms with Crippen LogP contribution in [0.3, 0.4) is 0 Å². The maximum atomic E-state index is 11.6. The van der Waals surface area contributed by atoms with E-state index in [0.29, 0.717) is 10.6 Å². The predicted octanol–water partition coefficient (Wildman–Crippen LogP) is 1.32. The van der Waals surface area contributed by atoms with E-state index < -0.39 is 12.0 Å². The summed E-state index contributed by atoms with van der Waals surface area (Å²) in [5.74, 6) is -1.56. The molecule has 0 spiro atoms. The quantitative estimate of drug-likeness (QED) is 0.761. The van der Waals surface area contributed by atoms with Crippen molar-refractivity contribution in [2.45, 2.75) is 12.5 Å². The van der Waals surface area contributed by atoms with Crippen molar-refractivity contribution in [3.63, 3.8) is 0 Å². The van der Waals surface area contributed by atoms with Crippen molar-refractivity contribution in [2.75, 3.05) is 0 Å². The SMILES string of the molecule is N[C@@H](CC(=O)c1ccccc1Cl)C(=O)O. The first kappa shape index (κ1) is 11.7. The molecule has 0 fully saturated rings. The molecule has 0 aliphatic heterocycles. The largest absolute Gasteiger partial charge is 0.480 e. The summed E-state index contributed by atoms with van der Waals surface area (Å²) < 4.78 is 0. The molecule has 5 heteroatoms. The van der Waals surface area contributed by atoms with Crippen molar-refractivity contribution >= 4 is 23.4 Å². The summed E-state index contributed by atoms with van der Waals surface area (Å²) in [5.41, 5.74) is 5.54. The van der Waals surface area contributed by atoms with Crippen LogP contribution >= 0.6 is 11.6 Å². The van der Waals surface area contributed by atoms with Crippen LogP contribution < -0.4 is 5.73 Å². The monoisotopic (exact) mass is 227 g/mol. The standard InChI is InChI=1S/C10H10ClNO3/c11-7-4-2-1-3-6(7)9(13)5-8(12)10(14)15/h1-4,8H,5,12H2,(H,14,15)/t8-/m0/s1. The highest BCUT2D eigenvalue weighted by molar-refractivity contribution is 6.34. The van der Waals surface area contributed by atoms with Gasteiger partial charge in [0.05, 0.1) is 5.02 Å². The molecule has 0 heterocycles. The lowest BCUT2D eigenvalue weighted by Gasteiger charge is -2.06. The molecule has 1 aromatic carbocycles. The second kappa shape index (κ2) is 4.91. The number of rotatable bonds is 4. The average Bonchev–Trinajstić information content (AvgIpc) is 2.18.